The zero-order chi connectivity index (χ0) is 22.9. The van der Waals surface area contributed by atoms with Crippen LogP contribution in [-0.2, 0) is 22.7 Å². The molecule has 2 heterocycles. The zero-order valence-corrected chi connectivity index (χ0v) is 18.4. The van der Waals surface area contributed by atoms with Crippen molar-refractivity contribution in [3.63, 3.8) is 0 Å². The molecule has 4 rings (SSSR count). The van der Waals surface area contributed by atoms with Gasteiger partial charge in [-0.2, -0.15) is 22.6 Å². The highest BCUT2D eigenvalue weighted by molar-refractivity contribution is 7.89. The first kappa shape index (κ1) is 22.8. The van der Waals surface area contributed by atoms with E-state index in [1.807, 2.05) is 36.5 Å². The van der Waals surface area contributed by atoms with E-state index in [2.05, 4.69) is 10.00 Å². The SMILES string of the molecule is O=S(=O)(c1cc(C(F)(F)F)ccc1Cl)N1CCN(Cc2ccc(-n3cccn3)cc2)CC1. The number of rotatable bonds is 5. The summed E-state index contributed by atoms with van der Waals surface area (Å²) in [6.07, 6.45) is -1.10. The summed E-state index contributed by atoms with van der Waals surface area (Å²) in [6.45, 7) is 1.88. The van der Waals surface area contributed by atoms with Crippen LogP contribution in [0.1, 0.15) is 11.1 Å². The Labute approximate surface area is 188 Å². The maximum Gasteiger partial charge on any atom is 0.416 e. The average Bonchev–Trinajstić information content (AvgIpc) is 3.29. The molecule has 1 fully saturated rings. The van der Waals surface area contributed by atoms with E-state index >= 15 is 0 Å². The zero-order valence-electron chi connectivity index (χ0n) is 16.8. The van der Waals surface area contributed by atoms with Crippen LogP contribution in [0.5, 0.6) is 0 Å². The van der Waals surface area contributed by atoms with E-state index < -0.39 is 26.7 Å². The Morgan fingerprint density at radius 3 is 2.28 bits per heavy atom. The molecule has 11 heteroatoms. The number of hydrogen-bond acceptors (Lipinski definition) is 4. The van der Waals surface area contributed by atoms with Gasteiger partial charge in [0.25, 0.3) is 0 Å². The number of benzene rings is 2. The normalized spacial score (nSPS) is 16.4. The number of piperazine rings is 1. The number of sulfonamides is 1. The molecule has 170 valence electrons. The Balaban J connectivity index is 1.41. The van der Waals surface area contributed by atoms with Gasteiger partial charge in [-0.15, -0.1) is 0 Å². The molecule has 0 saturated carbocycles. The third-order valence-electron chi connectivity index (χ3n) is 5.32. The molecule has 0 N–H and O–H groups in total. The van der Waals surface area contributed by atoms with Crippen LogP contribution in [-0.4, -0.2) is 53.6 Å². The van der Waals surface area contributed by atoms with Crippen molar-refractivity contribution in [3.8, 4) is 5.69 Å². The van der Waals surface area contributed by atoms with Crippen molar-refractivity contribution in [1.82, 2.24) is 19.0 Å². The quantitative estimate of drug-likeness (QED) is 0.548. The molecule has 0 atom stereocenters. The van der Waals surface area contributed by atoms with Crippen LogP contribution in [0.4, 0.5) is 13.2 Å². The van der Waals surface area contributed by atoms with Crippen LogP contribution in [0.15, 0.2) is 65.8 Å². The van der Waals surface area contributed by atoms with Gasteiger partial charge in [0.15, 0.2) is 0 Å². The molecule has 0 aliphatic carbocycles. The first-order valence-corrected chi connectivity index (χ1v) is 11.6. The molecule has 2 aromatic carbocycles. The highest BCUT2D eigenvalue weighted by Gasteiger charge is 2.35. The Morgan fingerprint density at radius 1 is 1.00 bits per heavy atom. The summed E-state index contributed by atoms with van der Waals surface area (Å²) in [4.78, 5) is 1.58. The van der Waals surface area contributed by atoms with E-state index in [1.54, 1.807) is 10.9 Å². The lowest BCUT2D eigenvalue weighted by Gasteiger charge is -2.34. The minimum absolute atomic E-state index is 0.167. The minimum Gasteiger partial charge on any atom is -0.296 e. The Bertz CT molecular complexity index is 1170. The highest BCUT2D eigenvalue weighted by atomic mass is 35.5. The van der Waals surface area contributed by atoms with Gasteiger partial charge in [-0.3, -0.25) is 4.90 Å². The number of alkyl halides is 3. The van der Waals surface area contributed by atoms with Gasteiger partial charge in [0, 0.05) is 45.1 Å². The summed E-state index contributed by atoms with van der Waals surface area (Å²) in [5, 5.41) is 3.96. The van der Waals surface area contributed by atoms with Crippen molar-refractivity contribution in [2.24, 2.45) is 0 Å². The third-order valence-corrected chi connectivity index (χ3v) is 7.70. The summed E-state index contributed by atoms with van der Waals surface area (Å²) in [5.74, 6) is 0. The summed E-state index contributed by atoms with van der Waals surface area (Å²) in [5.41, 5.74) is 0.962. The molecule has 1 aliphatic rings. The van der Waals surface area contributed by atoms with E-state index in [9.17, 15) is 21.6 Å². The minimum atomic E-state index is -4.65. The number of aromatic nitrogens is 2. The fraction of sp³-hybridized carbons (Fsp3) is 0.286. The molecule has 3 aromatic rings. The third kappa shape index (κ3) is 4.83. The Morgan fingerprint density at radius 2 is 1.69 bits per heavy atom. The molecule has 1 aliphatic heterocycles. The molecule has 32 heavy (non-hydrogen) atoms. The second-order valence-corrected chi connectivity index (χ2v) is 9.75. The van der Waals surface area contributed by atoms with Crippen LogP contribution in [0, 0.1) is 0 Å². The molecule has 1 saturated heterocycles. The lowest BCUT2D eigenvalue weighted by atomic mass is 10.2. The van der Waals surface area contributed by atoms with E-state index in [4.69, 9.17) is 11.6 Å². The van der Waals surface area contributed by atoms with Gasteiger partial charge >= 0.3 is 6.18 Å². The monoisotopic (exact) mass is 484 g/mol. The van der Waals surface area contributed by atoms with Gasteiger partial charge in [-0.25, -0.2) is 13.1 Å². The second-order valence-electron chi connectivity index (χ2n) is 7.44. The van der Waals surface area contributed by atoms with E-state index in [0.29, 0.717) is 25.7 Å². The number of halogens is 4. The van der Waals surface area contributed by atoms with E-state index in [0.717, 1.165) is 23.4 Å². The topological polar surface area (TPSA) is 58.4 Å². The van der Waals surface area contributed by atoms with Crippen LogP contribution in [0.3, 0.4) is 0 Å². The van der Waals surface area contributed by atoms with Crippen LogP contribution in [0.25, 0.3) is 5.69 Å². The number of nitrogens with zero attached hydrogens (tertiary/aromatic N) is 4. The summed E-state index contributed by atoms with van der Waals surface area (Å²) >= 11 is 5.95. The molecule has 0 bridgehead atoms. The van der Waals surface area contributed by atoms with Gasteiger partial charge in [0.1, 0.15) is 4.90 Å². The van der Waals surface area contributed by atoms with Crippen LogP contribution >= 0.6 is 11.6 Å². The second kappa shape index (κ2) is 8.86. The molecular formula is C21H20ClF3N4O2S. The molecular weight excluding hydrogens is 465 g/mol. The Kier molecular flexibility index (Phi) is 6.30. The van der Waals surface area contributed by atoms with Crippen molar-refractivity contribution in [3.05, 3.63) is 77.1 Å². The predicted octanol–water partition coefficient (Wildman–Crippen LogP) is 4.05. The van der Waals surface area contributed by atoms with Crippen molar-refractivity contribution in [2.45, 2.75) is 17.6 Å². The first-order valence-electron chi connectivity index (χ1n) is 9.83. The smallest absolute Gasteiger partial charge is 0.296 e. The molecule has 6 nitrogen and oxygen atoms in total. The summed E-state index contributed by atoms with van der Waals surface area (Å²) in [6, 6.07) is 12.1. The fourth-order valence-corrected chi connectivity index (χ4v) is 5.50. The molecule has 0 spiro atoms. The highest BCUT2D eigenvalue weighted by Crippen LogP contribution is 2.34. The average molecular weight is 485 g/mol. The maximum atomic E-state index is 13.0. The standard InChI is InChI=1S/C21H20ClF3N4O2S/c22-19-7-4-17(21(23,24)25)14-20(19)32(30,31)28-12-10-27(11-13-28)15-16-2-5-18(6-3-16)29-9-1-8-26-29/h1-9,14H,10-13,15H2. The van der Waals surface area contributed by atoms with Gasteiger partial charge in [-0.05, 0) is 42.0 Å². The lowest BCUT2D eigenvalue weighted by Crippen LogP contribution is -2.48. The molecule has 1 aromatic heterocycles. The van der Waals surface area contributed by atoms with Gasteiger partial charge in [-0.1, -0.05) is 23.7 Å². The first-order chi connectivity index (χ1) is 15.1. The summed E-state index contributed by atoms with van der Waals surface area (Å²) < 4.78 is 67.9. The van der Waals surface area contributed by atoms with Crippen molar-refractivity contribution in [2.75, 3.05) is 26.2 Å². The fourth-order valence-electron chi connectivity index (χ4n) is 3.58. The van der Waals surface area contributed by atoms with Crippen molar-refractivity contribution < 1.29 is 21.6 Å². The van der Waals surface area contributed by atoms with E-state index in [1.165, 1.54) is 4.31 Å². The van der Waals surface area contributed by atoms with Crippen molar-refractivity contribution >= 4 is 21.6 Å². The molecule has 0 amide bonds. The van der Waals surface area contributed by atoms with Gasteiger partial charge < -0.3 is 0 Å². The van der Waals surface area contributed by atoms with Gasteiger partial charge in [0.2, 0.25) is 10.0 Å². The predicted molar refractivity (Wildman–Crippen MR) is 114 cm³/mol. The van der Waals surface area contributed by atoms with Crippen molar-refractivity contribution in [1.29, 1.82) is 0 Å². The lowest BCUT2D eigenvalue weighted by molar-refractivity contribution is -0.137. The molecule has 0 unspecified atom stereocenters. The van der Waals surface area contributed by atoms with E-state index in [-0.39, 0.29) is 18.1 Å². The van der Waals surface area contributed by atoms with Gasteiger partial charge in [0.05, 0.1) is 16.3 Å². The van der Waals surface area contributed by atoms with Crippen LogP contribution < -0.4 is 0 Å². The van der Waals surface area contributed by atoms with Crippen LogP contribution in [0.2, 0.25) is 5.02 Å². The maximum absolute atomic E-state index is 13.0. The largest absolute Gasteiger partial charge is 0.416 e. The number of hydrogen-bond donors (Lipinski definition) is 0. The summed E-state index contributed by atoms with van der Waals surface area (Å²) in [7, 11) is -4.14. The Hall–Kier alpha value is -2.40. The molecule has 0 radical (unpaired) electrons.